The second kappa shape index (κ2) is 11.4. The highest BCUT2D eigenvalue weighted by Gasteiger charge is 2.27. The smallest absolute Gasteiger partial charge is 0.331 e. The van der Waals surface area contributed by atoms with E-state index in [2.05, 4.69) is 0 Å². The number of halogens is 3. The molecule has 1 saturated heterocycles. The van der Waals surface area contributed by atoms with Crippen LogP contribution in [0.3, 0.4) is 0 Å². The zero-order chi connectivity index (χ0) is 28.4. The molecule has 0 radical (unpaired) electrons. The summed E-state index contributed by atoms with van der Waals surface area (Å²) < 4.78 is 45.9. The van der Waals surface area contributed by atoms with Crippen molar-refractivity contribution in [2.24, 2.45) is 5.73 Å². The van der Waals surface area contributed by atoms with Crippen LogP contribution in [0.2, 0.25) is 0 Å². The van der Waals surface area contributed by atoms with E-state index in [0.717, 1.165) is 22.3 Å². The lowest BCUT2D eigenvalue weighted by molar-refractivity contribution is 0.489. The van der Waals surface area contributed by atoms with E-state index in [9.17, 15) is 22.8 Å². The molecule has 1 aliphatic rings. The van der Waals surface area contributed by atoms with Gasteiger partial charge in [0.25, 0.3) is 5.56 Å². The summed E-state index contributed by atoms with van der Waals surface area (Å²) in [6.45, 7) is 2.70. The Balaban J connectivity index is 1.55. The highest BCUT2D eigenvalue weighted by atomic mass is 19.1. The molecule has 10 heteroatoms. The van der Waals surface area contributed by atoms with Crippen LogP contribution in [0.4, 0.5) is 24.5 Å². The number of anilines is 2. The van der Waals surface area contributed by atoms with Crippen molar-refractivity contribution in [3.8, 4) is 0 Å². The molecule has 0 spiro atoms. The van der Waals surface area contributed by atoms with Crippen molar-refractivity contribution in [2.75, 3.05) is 36.0 Å². The summed E-state index contributed by atoms with van der Waals surface area (Å²) in [5.41, 5.74) is 6.65. The third kappa shape index (κ3) is 5.27. The highest BCUT2D eigenvalue weighted by molar-refractivity contribution is 5.54. The number of hydrogen-bond acceptors (Lipinski definition) is 5. The lowest BCUT2D eigenvalue weighted by Gasteiger charge is -2.38. The number of hydrogen-bond donors (Lipinski definition) is 1. The summed E-state index contributed by atoms with van der Waals surface area (Å²) in [6.07, 6.45) is 0. The standard InChI is InChI=1S/C30H30F3N5O2/c1-20-28(36-16-14-35(15-17-36)27-13-6-5-10-25(27)33)29(39)38(19-26(34)21-8-3-2-4-9-21)30(40)37(20)18-22-23(31)11-7-12-24(22)32/h2-13,26H,14-19,34H2,1H3/t26-/m0/s1. The lowest BCUT2D eigenvalue weighted by Crippen LogP contribution is -2.52. The molecule has 1 aromatic heterocycles. The number of piperazine rings is 1. The van der Waals surface area contributed by atoms with Crippen LogP contribution in [-0.2, 0) is 13.1 Å². The average molecular weight is 550 g/mol. The van der Waals surface area contributed by atoms with E-state index in [1.165, 1.54) is 16.7 Å². The van der Waals surface area contributed by atoms with Gasteiger partial charge in [-0.1, -0.05) is 48.5 Å². The largest absolute Gasteiger partial charge is 0.366 e. The maximum atomic E-state index is 14.6. The molecule has 0 aliphatic carbocycles. The molecule has 0 amide bonds. The third-order valence-corrected chi connectivity index (χ3v) is 7.43. The predicted octanol–water partition coefficient (Wildman–Crippen LogP) is 3.81. The fraction of sp³-hybridized carbons (Fsp3) is 0.267. The monoisotopic (exact) mass is 549 g/mol. The Hall–Kier alpha value is -4.31. The maximum Gasteiger partial charge on any atom is 0.331 e. The maximum absolute atomic E-state index is 14.6. The second-order valence-corrected chi connectivity index (χ2v) is 9.86. The number of aromatic nitrogens is 2. The molecule has 4 aromatic rings. The first-order valence-electron chi connectivity index (χ1n) is 13.1. The fourth-order valence-corrected chi connectivity index (χ4v) is 5.22. The van der Waals surface area contributed by atoms with E-state index in [0.29, 0.717) is 37.6 Å². The fourth-order valence-electron chi connectivity index (χ4n) is 5.22. The van der Waals surface area contributed by atoms with Gasteiger partial charge in [-0.05, 0) is 36.8 Å². The van der Waals surface area contributed by atoms with E-state index in [1.807, 2.05) is 28.0 Å². The molecule has 208 valence electrons. The van der Waals surface area contributed by atoms with Crippen molar-refractivity contribution in [3.05, 3.63) is 128 Å². The second-order valence-electron chi connectivity index (χ2n) is 9.86. The van der Waals surface area contributed by atoms with Crippen molar-refractivity contribution in [3.63, 3.8) is 0 Å². The zero-order valence-corrected chi connectivity index (χ0v) is 22.1. The van der Waals surface area contributed by atoms with Crippen LogP contribution in [0.1, 0.15) is 22.9 Å². The molecular weight excluding hydrogens is 519 g/mol. The molecule has 0 bridgehead atoms. The first-order chi connectivity index (χ1) is 19.3. The Morgan fingerprint density at radius 1 is 0.750 bits per heavy atom. The number of benzene rings is 3. The van der Waals surface area contributed by atoms with Gasteiger partial charge in [0.05, 0.1) is 18.8 Å². The minimum absolute atomic E-state index is 0.121. The van der Waals surface area contributed by atoms with E-state index < -0.39 is 35.5 Å². The minimum Gasteiger partial charge on any atom is -0.366 e. The number of para-hydroxylation sites is 1. The molecule has 5 rings (SSSR count). The molecule has 7 nitrogen and oxygen atoms in total. The first-order valence-corrected chi connectivity index (χ1v) is 13.1. The molecule has 1 atom stereocenters. The van der Waals surface area contributed by atoms with Crippen molar-refractivity contribution >= 4 is 11.4 Å². The van der Waals surface area contributed by atoms with Gasteiger partial charge in [-0.3, -0.25) is 13.9 Å². The third-order valence-electron chi connectivity index (χ3n) is 7.43. The SMILES string of the molecule is Cc1c(N2CCN(c3ccccc3F)CC2)c(=O)n(C[C@H](N)c2ccccc2)c(=O)n1Cc1c(F)cccc1F. The van der Waals surface area contributed by atoms with E-state index in [1.54, 1.807) is 37.3 Å². The van der Waals surface area contributed by atoms with E-state index in [4.69, 9.17) is 5.73 Å². The minimum atomic E-state index is -0.787. The van der Waals surface area contributed by atoms with Gasteiger partial charge in [0.15, 0.2) is 0 Å². The lowest BCUT2D eigenvalue weighted by atomic mass is 10.1. The topological polar surface area (TPSA) is 76.5 Å². The first kappa shape index (κ1) is 27.3. The summed E-state index contributed by atoms with van der Waals surface area (Å²) in [5, 5.41) is 0. The number of nitrogens with zero attached hydrogens (tertiary/aromatic N) is 4. The Morgan fingerprint density at radius 2 is 1.32 bits per heavy atom. The van der Waals surface area contributed by atoms with Gasteiger partial charge < -0.3 is 15.5 Å². The Labute approximate surface area is 229 Å². The highest BCUT2D eigenvalue weighted by Crippen LogP contribution is 2.24. The molecule has 2 heterocycles. The van der Waals surface area contributed by atoms with Crippen LogP contribution in [0.15, 0.2) is 82.4 Å². The summed E-state index contributed by atoms with van der Waals surface area (Å²) in [4.78, 5) is 31.3. The van der Waals surface area contributed by atoms with Gasteiger partial charge in [0.2, 0.25) is 0 Å². The normalized spacial score (nSPS) is 14.4. The molecular formula is C30H30F3N5O2. The van der Waals surface area contributed by atoms with Crippen LogP contribution >= 0.6 is 0 Å². The molecule has 1 fully saturated rings. The van der Waals surface area contributed by atoms with E-state index >= 15 is 0 Å². The van der Waals surface area contributed by atoms with Gasteiger partial charge in [-0.15, -0.1) is 0 Å². The van der Waals surface area contributed by atoms with Crippen LogP contribution in [0.25, 0.3) is 0 Å². The molecule has 1 aliphatic heterocycles. The molecule has 40 heavy (non-hydrogen) atoms. The number of rotatable bonds is 7. The van der Waals surface area contributed by atoms with Crippen LogP contribution < -0.4 is 26.8 Å². The summed E-state index contributed by atoms with van der Waals surface area (Å²) in [6, 6.07) is 18.4. The summed E-state index contributed by atoms with van der Waals surface area (Å²) >= 11 is 0. The number of nitrogens with two attached hydrogens (primary N) is 1. The van der Waals surface area contributed by atoms with Crippen molar-refractivity contribution in [1.82, 2.24) is 9.13 Å². The predicted molar refractivity (Wildman–Crippen MR) is 149 cm³/mol. The van der Waals surface area contributed by atoms with Crippen LogP contribution in [-0.4, -0.2) is 35.3 Å². The van der Waals surface area contributed by atoms with Crippen LogP contribution in [0, 0.1) is 24.4 Å². The Kier molecular flexibility index (Phi) is 7.79. The molecule has 0 unspecified atom stereocenters. The van der Waals surface area contributed by atoms with Gasteiger partial charge in [-0.2, -0.15) is 0 Å². The van der Waals surface area contributed by atoms with Crippen molar-refractivity contribution in [2.45, 2.75) is 26.1 Å². The van der Waals surface area contributed by atoms with Gasteiger partial charge in [-0.25, -0.2) is 18.0 Å². The molecule has 3 aromatic carbocycles. The molecule has 0 saturated carbocycles. The van der Waals surface area contributed by atoms with Crippen molar-refractivity contribution in [1.29, 1.82) is 0 Å². The summed E-state index contributed by atoms with van der Waals surface area (Å²) in [7, 11) is 0. The van der Waals surface area contributed by atoms with E-state index in [-0.39, 0.29) is 23.6 Å². The van der Waals surface area contributed by atoms with Gasteiger partial charge in [0.1, 0.15) is 23.1 Å². The van der Waals surface area contributed by atoms with Gasteiger partial charge in [0, 0.05) is 43.5 Å². The quantitative estimate of drug-likeness (QED) is 0.380. The Bertz CT molecular complexity index is 1610. The van der Waals surface area contributed by atoms with Crippen LogP contribution in [0.5, 0.6) is 0 Å². The van der Waals surface area contributed by atoms with Crippen molar-refractivity contribution < 1.29 is 13.2 Å². The summed E-state index contributed by atoms with van der Waals surface area (Å²) in [5.74, 6) is -1.90. The Morgan fingerprint density at radius 3 is 1.98 bits per heavy atom. The molecule has 2 N–H and O–H groups in total. The zero-order valence-electron chi connectivity index (χ0n) is 22.1. The average Bonchev–Trinajstić information content (AvgIpc) is 2.96. The van der Waals surface area contributed by atoms with Gasteiger partial charge >= 0.3 is 5.69 Å².